The zero-order valence-corrected chi connectivity index (χ0v) is 18.2. The first-order valence-corrected chi connectivity index (χ1v) is 11.1. The minimum Gasteiger partial charge on any atom is -0.454 e. The van der Waals surface area contributed by atoms with E-state index in [1.165, 1.54) is 29.4 Å². The van der Waals surface area contributed by atoms with Crippen molar-refractivity contribution in [3.8, 4) is 11.5 Å². The Labute approximate surface area is 179 Å². The number of pyridine rings is 1. The maximum Gasteiger partial charge on any atom is 0.251 e. The highest BCUT2D eigenvalue weighted by molar-refractivity contribution is 7.89. The second-order valence-electron chi connectivity index (χ2n) is 6.78. The van der Waals surface area contributed by atoms with Crippen molar-refractivity contribution in [3.63, 3.8) is 0 Å². The molecule has 0 spiro atoms. The molecule has 1 amide bonds. The summed E-state index contributed by atoms with van der Waals surface area (Å²) in [6, 6.07) is 5.27. The van der Waals surface area contributed by atoms with Crippen LogP contribution in [0.2, 0.25) is 0 Å². The molecule has 1 N–H and O–H groups in total. The quantitative estimate of drug-likeness (QED) is 0.605. The van der Waals surface area contributed by atoms with Crippen LogP contribution in [0.25, 0.3) is 0 Å². The molecule has 0 radical (unpaired) electrons. The fraction of sp³-hybridized carbons (Fsp3) is 0.350. The predicted molar refractivity (Wildman–Crippen MR) is 112 cm³/mol. The molecule has 0 fully saturated rings. The van der Waals surface area contributed by atoms with Crippen LogP contribution in [-0.4, -0.2) is 48.9 Å². The summed E-state index contributed by atoms with van der Waals surface area (Å²) in [6.45, 7) is 4.89. The van der Waals surface area contributed by atoms with E-state index in [0.717, 1.165) is 16.8 Å². The standard InChI is InChI=1S/C20H23N3O7S/c1-4-23(5-2)31(27,28)14-6-7-20(26)22(10-14)11-19(25)21-16-9-18-17(29-12-30-18)8-15(16)13(3)24/h6-10H,4-5,11-12H2,1-3H3,(H,21,25). The molecule has 166 valence electrons. The van der Waals surface area contributed by atoms with Crippen molar-refractivity contribution < 1.29 is 27.5 Å². The van der Waals surface area contributed by atoms with Crippen LogP contribution in [0.5, 0.6) is 11.5 Å². The van der Waals surface area contributed by atoms with E-state index in [2.05, 4.69) is 5.32 Å². The number of amides is 1. The molecule has 0 saturated heterocycles. The third-order valence-electron chi connectivity index (χ3n) is 4.78. The number of ether oxygens (including phenoxy) is 2. The van der Waals surface area contributed by atoms with Crippen LogP contribution >= 0.6 is 0 Å². The van der Waals surface area contributed by atoms with E-state index in [9.17, 15) is 22.8 Å². The number of hydrogen-bond acceptors (Lipinski definition) is 7. The van der Waals surface area contributed by atoms with Gasteiger partial charge in [-0.2, -0.15) is 4.31 Å². The molecule has 2 heterocycles. The lowest BCUT2D eigenvalue weighted by atomic mass is 10.1. The summed E-state index contributed by atoms with van der Waals surface area (Å²) in [7, 11) is -3.79. The summed E-state index contributed by atoms with van der Waals surface area (Å²) in [6.07, 6.45) is 1.14. The Bertz CT molecular complexity index is 1180. The first-order chi connectivity index (χ1) is 14.7. The average Bonchev–Trinajstić information content (AvgIpc) is 3.16. The maximum atomic E-state index is 12.7. The number of Topliss-reactive ketones (excluding diaryl/α,β-unsaturated/α-hetero) is 1. The average molecular weight is 449 g/mol. The van der Waals surface area contributed by atoms with Gasteiger partial charge in [-0.15, -0.1) is 0 Å². The SMILES string of the molecule is CCN(CC)S(=O)(=O)c1ccc(=O)n(CC(=O)Nc2cc3c(cc2C(C)=O)OCO3)c1. The van der Waals surface area contributed by atoms with Gasteiger partial charge in [-0.05, 0) is 19.1 Å². The first-order valence-electron chi connectivity index (χ1n) is 9.62. The summed E-state index contributed by atoms with van der Waals surface area (Å²) in [5.41, 5.74) is -0.101. The molecule has 11 heteroatoms. The molecular weight excluding hydrogens is 426 g/mol. The normalized spacial score (nSPS) is 12.8. The Morgan fingerprint density at radius 2 is 1.77 bits per heavy atom. The van der Waals surface area contributed by atoms with Gasteiger partial charge in [0, 0.05) is 37.0 Å². The van der Waals surface area contributed by atoms with Crippen molar-refractivity contribution in [2.24, 2.45) is 0 Å². The number of rotatable bonds is 8. The molecule has 10 nitrogen and oxygen atoms in total. The number of anilines is 1. The van der Waals surface area contributed by atoms with Gasteiger partial charge in [0.2, 0.25) is 22.7 Å². The van der Waals surface area contributed by atoms with Gasteiger partial charge in [-0.25, -0.2) is 8.42 Å². The number of carbonyl (C=O) groups excluding carboxylic acids is 2. The Hall–Kier alpha value is -3.18. The van der Waals surface area contributed by atoms with Crippen LogP contribution in [0, 0.1) is 0 Å². The van der Waals surface area contributed by atoms with E-state index in [1.807, 2.05) is 0 Å². The molecule has 0 aliphatic carbocycles. The number of benzene rings is 1. The molecule has 1 aliphatic rings. The van der Waals surface area contributed by atoms with E-state index < -0.39 is 28.0 Å². The number of nitrogens with one attached hydrogen (secondary N) is 1. The lowest BCUT2D eigenvalue weighted by Crippen LogP contribution is -2.33. The number of carbonyl (C=O) groups is 2. The van der Waals surface area contributed by atoms with Gasteiger partial charge >= 0.3 is 0 Å². The highest BCUT2D eigenvalue weighted by atomic mass is 32.2. The highest BCUT2D eigenvalue weighted by Gasteiger charge is 2.23. The van der Waals surface area contributed by atoms with E-state index in [4.69, 9.17) is 9.47 Å². The predicted octanol–water partition coefficient (Wildman–Crippen LogP) is 1.45. The number of ketones is 1. The van der Waals surface area contributed by atoms with Gasteiger partial charge in [0.25, 0.3) is 5.56 Å². The third kappa shape index (κ3) is 4.62. The number of hydrogen-bond donors (Lipinski definition) is 1. The largest absolute Gasteiger partial charge is 0.454 e. The Morgan fingerprint density at radius 3 is 2.39 bits per heavy atom. The summed E-state index contributed by atoms with van der Waals surface area (Å²) in [5, 5.41) is 2.59. The fourth-order valence-corrected chi connectivity index (χ4v) is 4.66. The van der Waals surface area contributed by atoms with Gasteiger partial charge < -0.3 is 19.4 Å². The molecular formula is C20H23N3O7S. The topological polar surface area (TPSA) is 124 Å². The maximum absolute atomic E-state index is 12.7. The summed E-state index contributed by atoms with van der Waals surface area (Å²) < 4.78 is 38.2. The Kier molecular flexibility index (Phi) is 6.46. The lowest BCUT2D eigenvalue weighted by molar-refractivity contribution is -0.116. The van der Waals surface area contributed by atoms with Crippen molar-refractivity contribution in [1.29, 1.82) is 0 Å². The highest BCUT2D eigenvalue weighted by Crippen LogP contribution is 2.37. The summed E-state index contributed by atoms with van der Waals surface area (Å²) in [5.74, 6) is -0.127. The van der Waals surface area contributed by atoms with Crippen molar-refractivity contribution >= 4 is 27.4 Å². The van der Waals surface area contributed by atoms with Gasteiger partial charge in [0.15, 0.2) is 17.3 Å². The molecule has 0 saturated carbocycles. The minimum absolute atomic E-state index is 0.00722. The van der Waals surface area contributed by atoms with Gasteiger partial charge in [-0.1, -0.05) is 13.8 Å². The van der Waals surface area contributed by atoms with Crippen LogP contribution in [0.3, 0.4) is 0 Å². The first kappa shape index (κ1) is 22.5. The molecule has 2 aromatic rings. The summed E-state index contributed by atoms with van der Waals surface area (Å²) >= 11 is 0. The second-order valence-corrected chi connectivity index (χ2v) is 8.71. The third-order valence-corrected chi connectivity index (χ3v) is 6.81. The number of nitrogens with zero attached hydrogens (tertiary/aromatic N) is 2. The Morgan fingerprint density at radius 1 is 1.13 bits per heavy atom. The van der Waals surface area contributed by atoms with Crippen molar-refractivity contribution in [2.75, 3.05) is 25.2 Å². The number of aromatic nitrogens is 1. The molecule has 1 aromatic carbocycles. The van der Waals surface area contributed by atoms with Gasteiger partial charge in [0.1, 0.15) is 6.54 Å². The number of fused-ring (bicyclic) bond motifs is 1. The monoisotopic (exact) mass is 449 g/mol. The molecule has 3 rings (SSSR count). The van der Waals surface area contributed by atoms with Crippen LogP contribution in [0.1, 0.15) is 31.1 Å². The second kappa shape index (κ2) is 8.90. The lowest BCUT2D eigenvalue weighted by Gasteiger charge is -2.19. The zero-order valence-electron chi connectivity index (χ0n) is 17.4. The molecule has 0 atom stereocenters. The van der Waals surface area contributed by atoms with Crippen LogP contribution in [-0.2, 0) is 21.4 Å². The molecule has 0 unspecified atom stereocenters. The van der Waals surface area contributed by atoms with Crippen LogP contribution in [0.15, 0.2) is 40.2 Å². The van der Waals surface area contributed by atoms with Crippen molar-refractivity contribution in [2.45, 2.75) is 32.2 Å². The van der Waals surface area contributed by atoms with Crippen LogP contribution < -0.4 is 20.3 Å². The molecule has 0 bridgehead atoms. The van der Waals surface area contributed by atoms with E-state index in [1.54, 1.807) is 13.8 Å². The van der Waals surface area contributed by atoms with E-state index in [0.29, 0.717) is 11.5 Å². The summed E-state index contributed by atoms with van der Waals surface area (Å²) in [4.78, 5) is 36.7. The van der Waals surface area contributed by atoms with Gasteiger partial charge in [0.05, 0.1) is 10.6 Å². The smallest absolute Gasteiger partial charge is 0.251 e. The van der Waals surface area contributed by atoms with E-state index >= 15 is 0 Å². The van der Waals surface area contributed by atoms with Gasteiger partial charge in [-0.3, -0.25) is 14.4 Å². The molecule has 31 heavy (non-hydrogen) atoms. The minimum atomic E-state index is -3.79. The number of sulfonamides is 1. The van der Waals surface area contributed by atoms with E-state index in [-0.39, 0.29) is 41.8 Å². The zero-order chi connectivity index (χ0) is 22.8. The molecule has 1 aliphatic heterocycles. The van der Waals surface area contributed by atoms with Crippen molar-refractivity contribution in [3.05, 3.63) is 46.4 Å². The molecule has 1 aromatic heterocycles. The van der Waals surface area contributed by atoms with Crippen LogP contribution in [0.4, 0.5) is 5.69 Å². The van der Waals surface area contributed by atoms with Crippen molar-refractivity contribution in [1.82, 2.24) is 8.87 Å². The Balaban J connectivity index is 1.87. The fourth-order valence-electron chi connectivity index (χ4n) is 3.18.